The lowest BCUT2D eigenvalue weighted by atomic mass is 10.0. The van der Waals surface area contributed by atoms with Crippen LogP contribution < -0.4 is 10.2 Å². The SMILES string of the molecule is CCCN1CCC(NC(=O)c2cc(S(=O)(=O)N(C)C)ccc2N2CCOCC2)CC1. The molecule has 1 amide bonds. The molecule has 2 aliphatic rings. The number of morpholine rings is 1. The van der Waals surface area contributed by atoms with Crippen LogP contribution in [0.1, 0.15) is 36.5 Å². The number of ether oxygens (including phenoxy) is 1. The molecule has 9 heteroatoms. The van der Waals surface area contributed by atoms with Crippen molar-refractivity contribution in [2.75, 3.05) is 64.9 Å². The van der Waals surface area contributed by atoms with Gasteiger partial charge in [0, 0.05) is 52.0 Å². The number of sulfonamides is 1. The highest BCUT2D eigenvalue weighted by molar-refractivity contribution is 7.89. The minimum atomic E-state index is -3.62. The standard InChI is InChI=1S/C21H34N4O4S/c1-4-9-24-10-7-17(8-11-24)22-21(26)19-16-18(30(27,28)23(2)3)5-6-20(19)25-12-14-29-15-13-25/h5-6,16-17H,4,7-15H2,1-3H3,(H,22,26). The van der Waals surface area contributed by atoms with Crippen molar-refractivity contribution in [3.05, 3.63) is 23.8 Å². The Hall–Kier alpha value is -1.68. The summed E-state index contributed by atoms with van der Waals surface area (Å²) in [5.41, 5.74) is 1.17. The lowest BCUT2D eigenvalue weighted by Gasteiger charge is -2.33. The van der Waals surface area contributed by atoms with Crippen LogP contribution in [0.2, 0.25) is 0 Å². The second-order valence-electron chi connectivity index (χ2n) is 8.16. The van der Waals surface area contributed by atoms with Gasteiger partial charge in [-0.25, -0.2) is 12.7 Å². The fraction of sp³-hybridized carbons (Fsp3) is 0.667. The molecule has 1 aromatic carbocycles. The summed E-state index contributed by atoms with van der Waals surface area (Å²) in [6.07, 6.45) is 2.95. The van der Waals surface area contributed by atoms with Crippen LogP contribution in [-0.2, 0) is 14.8 Å². The van der Waals surface area contributed by atoms with Crippen molar-refractivity contribution in [2.24, 2.45) is 0 Å². The quantitative estimate of drug-likeness (QED) is 0.693. The van der Waals surface area contributed by atoms with Crippen LogP contribution in [-0.4, -0.2) is 89.6 Å². The van der Waals surface area contributed by atoms with Gasteiger partial charge in [-0.15, -0.1) is 0 Å². The molecule has 0 saturated carbocycles. The van der Waals surface area contributed by atoms with Gasteiger partial charge in [-0.05, 0) is 44.0 Å². The monoisotopic (exact) mass is 438 g/mol. The molecule has 0 atom stereocenters. The smallest absolute Gasteiger partial charge is 0.253 e. The van der Waals surface area contributed by atoms with Crippen LogP contribution in [0.3, 0.4) is 0 Å². The zero-order valence-corrected chi connectivity index (χ0v) is 19.1. The molecule has 1 N–H and O–H groups in total. The summed E-state index contributed by atoms with van der Waals surface area (Å²) >= 11 is 0. The third-order valence-corrected chi connectivity index (χ3v) is 7.62. The van der Waals surface area contributed by atoms with Crippen LogP contribution >= 0.6 is 0 Å². The van der Waals surface area contributed by atoms with Crippen molar-refractivity contribution in [2.45, 2.75) is 37.1 Å². The van der Waals surface area contributed by atoms with Gasteiger partial charge in [0.25, 0.3) is 5.91 Å². The van der Waals surface area contributed by atoms with Crippen LogP contribution in [0.5, 0.6) is 0 Å². The van der Waals surface area contributed by atoms with E-state index < -0.39 is 10.0 Å². The number of nitrogens with zero attached hydrogens (tertiary/aromatic N) is 3. The minimum Gasteiger partial charge on any atom is -0.378 e. The molecule has 0 bridgehead atoms. The molecule has 0 radical (unpaired) electrons. The molecular formula is C21H34N4O4S. The number of benzene rings is 1. The second kappa shape index (κ2) is 10.1. The van der Waals surface area contributed by atoms with E-state index in [1.165, 1.54) is 24.5 Å². The second-order valence-corrected chi connectivity index (χ2v) is 10.3. The number of likely N-dealkylation sites (tertiary alicyclic amines) is 1. The summed E-state index contributed by atoms with van der Waals surface area (Å²) in [5.74, 6) is -0.207. The van der Waals surface area contributed by atoms with Gasteiger partial charge in [-0.1, -0.05) is 6.92 Å². The number of hydrogen-bond acceptors (Lipinski definition) is 6. The minimum absolute atomic E-state index is 0.109. The highest BCUT2D eigenvalue weighted by atomic mass is 32.2. The van der Waals surface area contributed by atoms with E-state index in [0.717, 1.165) is 44.6 Å². The topological polar surface area (TPSA) is 82.2 Å². The van der Waals surface area contributed by atoms with Crippen LogP contribution in [0.25, 0.3) is 0 Å². The van der Waals surface area contributed by atoms with Gasteiger partial charge in [0.2, 0.25) is 10.0 Å². The predicted octanol–water partition coefficient (Wildman–Crippen LogP) is 1.38. The largest absolute Gasteiger partial charge is 0.378 e. The van der Waals surface area contributed by atoms with E-state index in [1.54, 1.807) is 12.1 Å². The summed E-state index contributed by atoms with van der Waals surface area (Å²) < 4.78 is 31.9. The van der Waals surface area contributed by atoms with E-state index in [-0.39, 0.29) is 16.8 Å². The van der Waals surface area contributed by atoms with Crippen molar-refractivity contribution in [3.8, 4) is 0 Å². The number of nitrogens with one attached hydrogen (secondary N) is 1. The van der Waals surface area contributed by atoms with Gasteiger partial charge in [-0.2, -0.15) is 0 Å². The van der Waals surface area contributed by atoms with Gasteiger partial charge >= 0.3 is 0 Å². The fourth-order valence-corrected chi connectivity index (χ4v) is 4.96. The first kappa shape index (κ1) is 23.0. The van der Waals surface area contributed by atoms with Crippen LogP contribution in [0, 0.1) is 0 Å². The Morgan fingerprint density at radius 3 is 2.43 bits per heavy atom. The molecule has 0 aliphatic carbocycles. The summed E-state index contributed by atoms with van der Waals surface area (Å²) in [4.78, 5) is 17.9. The maximum atomic E-state index is 13.2. The van der Waals surface area contributed by atoms with E-state index in [0.29, 0.717) is 31.9 Å². The van der Waals surface area contributed by atoms with Crippen molar-refractivity contribution in [1.29, 1.82) is 0 Å². The van der Waals surface area contributed by atoms with E-state index in [1.807, 2.05) is 0 Å². The van der Waals surface area contributed by atoms with Crippen molar-refractivity contribution in [1.82, 2.24) is 14.5 Å². The zero-order chi connectivity index (χ0) is 21.7. The Morgan fingerprint density at radius 1 is 1.17 bits per heavy atom. The van der Waals surface area contributed by atoms with E-state index in [2.05, 4.69) is 22.0 Å². The average molecular weight is 439 g/mol. The molecule has 2 aliphatic heterocycles. The molecule has 2 fully saturated rings. The van der Waals surface area contributed by atoms with Gasteiger partial charge in [0.05, 0.1) is 23.7 Å². The number of anilines is 1. The first-order valence-corrected chi connectivity index (χ1v) is 12.2. The van der Waals surface area contributed by atoms with Gasteiger partial charge in [0.1, 0.15) is 0 Å². The first-order valence-electron chi connectivity index (χ1n) is 10.8. The van der Waals surface area contributed by atoms with Gasteiger partial charge in [-0.3, -0.25) is 4.79 Å². The molecule has 30 heavy (non-hydrogen) atoms. The molecule has 168 valence electrons. The Kier molecular flexibility index (Phi) is 7.73. The molecule has 0 spiro atoms. The summed E-state index contributed by atoms with van der Waals surface area (Å²) in [6, 6.07) is 4.96. The highest BCUT2D eigenvalue weighted by Crippen LogP contribution is 2.27. The lowest BCUT2D eigenvalue weighted by molar-refractivity contribution is 0.0909. The molecule has 0 unspecified atom stereocenters. The Morgan fingerprint density at radius 2 is 1.83 bits per heavy atom. The van der Waals surface area contributed by atoms with Crippen LogP contribution in [0.4, 0.5) is 5.69 Å². The van der Waals surface area contributed by atoms with Crippen molar-refractivity contribution < 1.29 is 17.9 Å². The highest BCUT2D eigenvalue weighted by Gasteiger charge is 2.26. The molecular weight excluding hydrogens is 404 g/mol. The summed E-state index contributed by atoms with van der Waals surface area (Å²) in [7, 11) is -0.633. The molecule has 8 nitrogen and oxygen atoms in total. The first-order chi connectivity index (χ1) is 14.3. The predicted molar refractivity (Wildman–Crippen MR) is 118 cm³/mol. The normalized spacial score (nSPS) is 19.3. The maximum absolute atomic E-state index is 13.2. The molecule has 1 aromatic rings. The average Bonchev–Trinajstić information content (AvgIpc) is 2.75. The Balaban J connectivity index is 1.83. The van der Waals surface area contributed by atoms with Crippen molar-refractivity contribution >= 4 is 21.6 Å². The summed E-state index contributed by atoms with van der Waals surface area (Å²) in [6.45, 7) is 7.75. The van der Waals surface area contributed by atoms with Gasteiger partial charge < -0.3 is 19.9 Å². The number of carbonyl (C=O) groups is 1. The number of hydrogen-bond donors (Lipinski definition) is 1. The van der Waals surface area contributed by atoms with E-state index in [9.17, 15) is 13.2 Å². The van der Waals surface area contributed by atoms with E-state index >= 15 is 0 Å². The number of rotatable bonds is 7. The Bertz CT molecular complexity index is 829. The van der Waals surface area contributed by atoms with E-state index in [4.69, 9.17) is 4.74 Å². The maximum Gasteiger partial charge on any atom is 0.253 e. The fourth-order valence-electron chi connectivity index (χ4n) is 4.03. The third kappa shape index (κ3) is 5.32. The molecule has 0 aromatic heterocycles. The van der Waals surface area contributed by atoms with Gasteiger partial charge in [0.15, 0.2) is 0 Å². The molecule has 3 rings (SSSR count). The zero-order valence-electron chi connectivity index (χ0n) is 18.3. The lowest BCUT2D eigenvalue weighted by Crippen LogP contribution is -2.45. The Labute approximate surface area is 180 Å². The number of carbonyl (C=O) groups excluding carboxylic acids is 1. The summed E-state index contributed by atoms with van der Waals surface area (Å²) in [5, 5.41) is 3.15. The number of amides is 1. The van der Waals surface area contributed by atoms with Crippen LogP contribution in [0.15, 0.2) is 23.1 Å². The molecule has 2 saturated heterocycles. The van der Waals surface area contributed by atoms with Crippen molar-refractivity contribution in [3.63, 3.8) is 0 Å². The third-order valence-electron chi connectivity index (χ3n) is 5.81. The number of piperidine rings is 1. The molecule has 2 heterocycles.